The molecule has 2 fully saturated rings. The topological polar surface area (TPSA) is 45.2 Å². The van der Waals surface area contributed by atoms with Crippen LogP contribution in [0.25, 0.3) is 0 Å². The largest absolute Gasteiger partial charge is 0.335 e. The normalized spacial score (nSPS) is 27.7. The summed E-state index contributed by atoms with van der Waals surface area (Å²) in [6, 6.07) is 21.0. The highest BCUT2D eigenvalue weighted by molar-refractivity contribution is 6.29. The highest BCUT2D eigenvalue weighted by Crippen LogP contribution is 2.48. The summed E-state index contributed by atoms with van der Waals surface area (Å²) < 4.78 is 15.1. The average Bonchev–Trinajstić information content (AvgIpc) is 3.32. The summed E-state index contributed by atoms with van der Waals surface area (Å²) in [6.45, 7) is 2.00. The average molecular weight is 504 g/mol. The minimum absolute atomic E-state index is 0.127. The summed E-state index contributed by atoms with van der Waals surface area (Å²) in [7, 11) is 0. The van der Waals surface area contributed by atoms with Gasteiger partial charge in [0.05, 0.1) is 12.0 Å². The van der Waals surface area contributed by atoms with Gasteiger partial charge in [-0.1, -0.05) is 66.2 Å². The van der Waals surface area contributed by atoms with Crippen LogP contribution in [0.1, 0.15) is 60.0 Å². The third kappa shape index (κ3) is 4.03. The van der Waals surface area contributed by atoms with Crippen molar-refractivity contribution >= 4 is 17.5 Å². The van der Waals surface area contributed by atoms with Crippen molar-refractivity contribution in [2.45, 2.75) is 49.5 Å². The van der Waals surface area contributed by atoms with Crippen LogP contribution in [0.3, 0.4) is 0 Å². The van der Waals surface area contributed by atoms with Crippen LogP contribution in [0.5, 0.6) is 0 Å². The van der Waals surface area contributed by atoms with E-state index >= 15 is 4.39 Å². The molecule has 186 valence electrons. The van der Waals surface area contributed by atoms with E-state index in [0.29, 0.717) is 23.8 Å². The summed E-state index contributed by atoms with van der Waals surface area (Å²) in [4.78, 5) is 21.0. The highest BCUT2D eigenvalue weighted by Gasteiger charge is 2.52. The Morgan fingerprint density at radius 1 is 1.08 bits per heavy atom. The Morgan fingerprint density at radius 3 is 2.72 bits per heavy atom. The molecule has 36 heavy (non-hydrogen) atoms. The van der Waals surface area contributed by atoms with Gasteiger partial charge < -0.3 is 10.2 Å². The Hall–Kier alpha value is -2.76. The number of amides is 1. The van der Waals surface area contributed by atoms with Gasteiger partial charge in [0.15, 0.2) is 0 Å². The number of benzene rings is 2. The van der Waals surface area contributed by atoms with E-state index in [1.165, 1.54) is 11.6 Å². The van der Waals surface area contributed by atoms with E-state index in [0.717, 1.165) is 49.9 Å². The van der Waals surface area contributed by atoms with Gasteiger partial charge in [-0.25, -0.2) is 9.37 Å². The van der Waals surface area contributed by atoms with Gasteiger partial charge in [0.1, 0.15) is 11.0 Å². The van der Waals surface area contributed by atoms with Crippen LogP contribution in [0.4, 0.5) is 4.39 Å². The predicted molar refractivity (Wildman–Crippen MR) is 139 cm³/mol. The molecule has 1 amide bonds. The zero-order valence-electron chi connectivity index (χ0n) is 20.3. The van der Waals surface area contributed by atoms with Crippen LogP contribution in [0.2, 0.25) is 5.15 Å². The molecule has 1 N–H and O–H groups in total. The molecule has 2 aliphatic heterocycles. The standard InChI is InChI=1S/C30H31ClFN3O/c31-28-13-12-23-26(34-28)11-6-15-30(23)19-33-18-24(30)29(36)35-16-14-21(20-7-2-1-3-8-20)17-27(35)22-9-4-5-10-25(22)32/h1-5,7-10,12-13,21,24,27,33H,6,11,14-19H2. The number of nitrogens with one attached hydrogen (secondary N) is 1. The van der Waals surface area contributed by atoms with E-state index in [1.54, 1.807) is 6.07 Å². The SMILES string of the molecule is O=C(C1CNCC12CCCc1nc(Cl)ccc12)N1CCC(c2ccccc2)CC1c1ccccc1F. The first-order valence-electron chi connectivity index (χ1n) is 13.0. The molecule has 2 aromatic carbocycles. The van der Waals surface area contributed by atoms with Crippen LogP contribution in [0.15, 0.2) is 66.7 Å². The van der Waals surface area contributed by atoms with E-state index < -0.39 is 0 Å². The zero-order chi connectivity index (χ0) is 24.7. The van der Waals surface area contributed by atoms with Crippen molar-refractivity contribution in [3.8, 4) is 0 Å². The van der Waals surface area contributed by atoms with Crippen LogP contribution >= 0.6 is 11.6 Å². The summed E-state index contributed by atoms with van der Waals surface area (Å²) in [5.41, 5.74) is 3.75. The van der Waals surface area contributed by atoms with Gasteiger partial charge in [0.2, 0.25) is 5.91 Å². The minimum Gasteiger partial charge on any atom is -0.335 e. The lowest BCUT2D eigenvalue weighted by Gasteiger charge is -2.45. The maximum absolute atomic E-state index is 15.1. The summed E-state index contributed by atoms with van der Waals surface area (Å²) >= 11 is 6.22. The third-order valence-electron chi connectivity index (χ3n) is 8.69. The van der Waals surface area contributed by atoms with Crippen molar-refractivity contribution < 1.29 is 9.18 Å². The fourth-order valence-corrected chi connectivity index (χ4v) is 7.11. The number of hydrogen-bond donors (Lipinski definition) is 1. The lowest BCUT2D eigenvalue weighted by molar-refractivity contribution is -0.141. The van der Waals surface area contributed by atoms with Crippen molar-refractivity contribution in [2.24, 2.45) is 5.92 Å². The fourth-order valence-electron chi connectivity index (χ4n) is 6.95. The van der Waals surface area contributed by atoms with Crippen LogP contribution in [0, 0.1) is 11.7 Å². The van der Waals surface area contributed by atoms with Crippen molar-refractivity contribution in [1.29, 1.82) is 0 Å². The molecule has 4 unspecified atom stereocenters. The summed E-state index contributed by atoms with van der Waals surface area (Å²) in [6.07, 6.45) is 4.41. The number of fused-ring (bicyclic) bond motifs is 2. The molecule has 3 aromatic rings. The molecular weight excluding hydrogens is 473 g/mol. The molecular formula is C30H31ClFN3O. The van der Waals surface area contributed by atoms with E-state index in [2.05, 4.69) is 40.6 Å². The van der Waals surface area contributed by atoms with Crippen molar-refractivity contribution in [3.05, 3.63) is 100 Å². The van der Waals surface area contributed by atoms with Gasteiger partial charge in [-0.2, -0.15) is 0 Å². The number of rotatable bonds is 3. The number of likely N-dealkylation sites (tertiary alicyclic amines) is 1. The lowest BCUT2D eigenvalue weighted by Crippen LogP contribution is -2.50. The predicted octanol–water partition coefficient (Wildman–Crippen LogP) is 5.82. The summed E-state index contributed by atoms with van der Waals surface area (Å²) in [5, 5.41) is 4.03. The van der Waals surface area contributed by atoms with Crippen molar-refractivity contribution in [3.63, 3.8) is 0 Å². The zero-order valence-corrected chi connectivity index (χ0v) is 21.1. The lowest BCUT2D eigenvalue weighted by atomic mass is 9.65. The van der Waals surface area contributed by atoms with Crippen LogP contribution < -0.4 is 5.32 Å². The minimum atomic E-state index is -0.293. The van der Waals surface area contributed by atoms with E-state index in [4.69, 9.17) is 11.6 Å². The van der Waals surface area contributed by atoms with Gasteiger partial charge in [-0.05, 0) is 61.3 Å². The van der Waals surface area contributed by atoms with E-state index in [1.807, 2.05) is 29.2 Å². The molecule has 0 bridgehead atoms. The number of hydrogen-bond acceptors (Lipinski definition) is 3. The number of pyridine rings is 1. The molecule has 1 aliphatic carbocycles. The van der Waals surface area contributed by atoms with Crippen LogP contribution in [-0.2, 0) is 16.6 Å². The molecule has 3 aliphatic rings. The maximum atomic E-state index is 15.1. The molecule has 1 aromatic heterocycles. The number of aromatic nitrogens is 1. The number of aryl methyl sites for hydroxylation is 1. The molecule has 2 saturated heterocycles. The van der Waals surface area contributed by atoms with Gasteiger partial charge in [-0.15, -0.1) is 0 Å². The Morgan fingerprint density at radius 2 is 1.89 bits per heavy atom. The quantitative estimate of drug-likeness (QED) is 0.458. The molecule has 4 atom stereocenters. The molecule has 6 rings (SSSR count). The number of carbonyl (C=O) groups is 1. The van der Waals surface area contributed by atoms with Gasteiger partial charge in [0.25, 0.3) is 0 Å². The maximum Gasteiger partial charge on any atom is 0.228 e. The molecule has 0 saturated carbocycles. The molecule has 1 spiro atoms. The first-order valence-corrected chi connectivity index (χ1v) is 13.4. The molecule has 4 nitrogen and oxygen atoms in total. The second-order valence-electron chi connectivity index (χ2n) is 10.5. The monoisotopic (exact) mass is 503 g/mol. The third-order valence-corrected chi connectivity index (χ3v) is 8.90. The summed E-state index contributed by atoms with van der Waals surface area (Å²) in [5.74, 6) is -0.0305. The smallest absolute Gasteiger partial charge is 0.228 e. The molecule has 6 heteroatoms. The Kier molecular flexibility index (Phi) is 6.30. The first kappa shape index (κ1) is 23.6. The van der Waals surface area contributed by atoms with Gasteiger partial charge >= 0.3 is 0 Å². The molecule has 3 heterocycles. The van der Waals surface area contributed by atoms with Crippen molar-refractivity contribution in [1.82, 2.24) is 15.2 Å². The van der Waals surface area contributed by atoms with Gasteiger partial charge in [-0.3, -0.25) is 4.79 Å². The number of piperidine rings is 1. The number of nitrogens with zero attached hydrogens (tertiary/aromatic N) is 2. The fraction of sp³-hybridized carbons (Fsp3) is 0.400. The Bertz CT molecular complexity index is 1270. The second-order valence-corrected chi connectivity index (χ2v) is 10.9. The van der Waals surface area contributed by atoms with Crippen molar-refractivity contribution in [2.75, 3.05) is 19.6 Å². The Balaban J connectivity index is 1.36. The molecule has 0 radical (unpaired) electrons. The highest BCUT2D eigenvalue weighted by atomic mass is 35.5. The van der Waals surface area contributed by atoms with Gasteiger partial charge in [0, 0.05) is 36.3 Å². The van der Waals surface area contributed by atoms with E-state index in [-0.39, 0.29) is 35.0 Å². The number of carbonyl (C=O) groups excluding carboxylic acids is 1. The Labute approximate surface area is 216 Å². The first-order chi connectivity index (χ1) is 17.6. The van der Waals surface area contributed by atoms with Crippen LogP contribution in [-0.4, -0.2) is 35.4 Å². The van der Waals surface area contributed by atoms with E-state index in [9.17, 15) is 4.79 Å². The second kappa shape index (κ2) is 9.60. The number of halogens is 2.